The Labute approximate surface area is 112 Å². The van der Waals surface area contributed by atoms with Gasteiger partial charge >= 0.3 is 0 Å². The number of carbonyl (C=O) groups is 1. The number of amides is 1. The predicted molar refractivity (Wildman–Crippen MR) is 74.3 cm³/mol. The average molecular weight is 283 g/mol. The van der Waals surface area contributed by atoms with Crippen LogP contribution in [0.2, 0.25) is 0 Å². The minimum atomic E-state index is -0.318. The molecule has 0 unspecified atom stereocenters. The summed E-state index contributed by atoms with van der Waals surface area (Å²) in [4.78, 5) is 25.8. The molecule has 0 aliphatic rings. The van der Waals surface area contributed by atoms with E-state index in [-0.39, 0.29) is 11.5 Å². The molecule has 3 N–H and O–H groups in total. The van der Waals surface area contributed by atoms with Gasteiger partial charge in [0, 0.05) is 13.0 Å². The number of thiophene rings is 1. The number of aromatic amines is 1. The quantitative estimate of drug-likeness (QED) is 0.648. The van der Waals surface area contributed by atoms with Crippen molar-refractivity contribution >= 4 is 39.7 Å². The third-order valence-corrected chi connectivity index (χ3v) is 3.87. The van der Waals surface area contributed by atoms with Gasteiger partial charge < -0.3 is 10.7 Å². The average Bonchev–Trinajstić information content (AvgIpc) is 2.75. The van der Waals surface area contributed by atoms with Crippen LogP contribution in [0.4, 0.5) is 0 Å². The molecular formula is C11H13N3O2S2. The molecule has 0 aliphatic heterocycles. The third-order valence-electron chi connectivity index (χ3n) is 2.65. The molecule has 0 radical (unpaired) electrons. The molecule has 96 valence electrons. The van der Waals surface area contributed by atoms with E-state index < -0.39 is 0 Å². The number of nitrogens with one attached hydrogen (secondary N) is 1. The number of fused-ring (bicyclic) bond motifs is 1. The van der Waals surface area contributed by atoms with E-state index in [1.807, 2.05) is 11.4 Å². The van der Waals surface area contributed by atoms with Gasteiger partial charge in [0.2, 0.25) is 5.91 Å². The predicted octanol–water partition coefficient (Wildman–Crippen LogP) is 1.78. The molecule has 2 heterocycles. The largest absolute Gasteiger partial charge is 0.370 e. The molecule has 0 spiro atoms. The second-order valence-corrected chi connectivity index (χ2v) is 5.28. The fourth-order valence-corrected chi connectivity index (χ4v) is 2.82. The van der Waals surface area contributed by atoms with Gasteiger partial charge in [-0.3, -0.25) is 14.2 Å². The fraction of sp³-hybridized carbons (Fsp3) is 0.364. The zero-order valence-corrected chi connectivity index (χ0v) is 11.3. The smallest absolute Gasteiger partial charge is 0.272 e. The van der Waals surface area contributed by atoms with Crippen molar-refractivity contribution in [3.63, 3.8) is 0 Å². The van der Waals surface area contributed by atoms with Crippen molar-refractivity contribution < 1.29 is 4.79 Å². The van der Waals surface area contributed by atoms with Crippen molar-refractivity contribution in [3.8, 4) is 0 Å². The van der Waals surface area contributed by atoms with Gasteiger partial charge in [-0.05, 0) is 36.5 Å². The molecule has 18 heavy (non-hydrogen) atoms. The zero-order valence-electron chi connectivity index (χ0n) is 9.64. The molecule has 2 aromatic heterocycles. The Morgan fingerprint density at radius 1 is 1.50 bits per heavy atom. The van der Waals surface area contributed by atoms with Crippen molar-refractivity contribution in [2.75, 3.05) is 0 Å². The van der Waals surface area contributed by atoms with Crippen LogP contribution >= 0.6 is 23.6 Å². The number of unbranched alkanes of at least 4 members (excludes halogenated alkanes) is 1. The Balaban J connectivity index is 2.20. The summed E-state index contributed by atoms with van der Waals surface area (Å²) in [5.74, 6) is -0.318. The van der Waals surface area contributed by atoms with Crippen molar-refractivity contribution in [1.29, 1.82) is 0 Å². The molecule has 7 heteroatoms. The molecule has 0 bridgehead atoms. The minimum Gasteiger partial charge on any atom is -0.370 e. The van der Waals surface area contributed by atoms with Gasteiger partial charge in [0.25, 0.3) is 5.56 Å². The molecular weight excluding hydrogens is 270 g/mol. The molecule has 2 aromatic rings. The summed E-state index contributed by atoms with van der Waals surface area (Å²) < 4.78 is 2.64. The maximum Gasteiger partial charge on any atom is 0.272 e. The Morgan fingerprint density at radius 3 is 3.00 bits per heavy atom. The monoisotopic (exact) mass is 283 g/mol. The summed E-state index contributed by atoms with van der Waals surface area (Å²) in [6, 6.07) is 1.84. The highest BCUT2D eigenvalue weighted by Gasteiger charge is 2.06. The van der Waals surface area contributed by atoms with Crippen LogP contribution in [0.5, 0.6) is 0 Å². The summed E-state index contributed by atoms with van der Waals surface area (Å²) >= 11 is 6.55. The Bertz CT molecular complexity index is 683. The van der Waals surface area contributed by atoms with Crippen LogP contribution in [-0.2, 0) is 11.3 Å². The lowest BCUT2D eigenvalue weighted by atomic mass is 10.2. The maximum absolute atomic E-state index is 12.1. The van der Waals surface area contributed by atoms with Crippen molar-refractivity contribution in [1.82, 2.24) is 9.55 Å². The number of carbonyl (C=O) groups excluding carboxylic acids is 1. The molecule has 2 rings (SSSR count). The number of hydrogen-bond acceptors (Lipinski definition) is 4. The van der Waals surface area contributed by atoms with E-state index in [1.165, 1.54) is 15.9 Å². The molecule has 0 atom stereocenters. The molecule has 0 saturated heterocycles. The van der Waals surface area contributed by atoms with E-state index in [9.17, 15) is 9.59 Å². The first-order valence-corrected chi connectivity index (χ1v) is 6.87. The highest BCUT2D eigenvalue weighted by molar-refractivity contribution is 7.71. The van der Waals surface area contributed by atoms with Crippen molar-refractivity contribution in [3.05, 3.63) is 26.6 Å². The van der Waals surface area contributed by atoms with Crippen LogP contribution in [0, 0.1) is 4.77 Å². The summed E-state index contributed by atoms with van der Waals surface area (Å²) in [5.41, 5.74) is 5.77. The number of aromatic nitrogens is 2. The number of H-pyrrole nitrogens is 1. The minimum absolute atomic E-state index is 0.0668. The first kappa shape index (κ1) is 13.0. The van der Waals surface area contributed by atoms with Crippen LogP contribution in [0.15, 0.2) is 16.2 Å². The van der Waals surface area contributed by atoms with Gasteiger partial charge in [-0.15, -0.1) is 11.3 Å². The molecule has 0 saturated carbocycles. The number of nitrogens with two attached hydrogens (primary N) is 1. The van der Waals surface area contributed by atoms with Crippen LogP contribution < -0.4 is 11.3 Å². The first-order valence-electron chi connectivity index (χ1n) is 5.58. The summed E-state index contributed by atoms with van der Waals surface area (Å²) in [6.07, 6.45) is 1.71. The lowest BCUT2D eigenvalue weighted by Crippen LogP contribution is -2.21. The zero-order chi connectivity index (χ0) is 13.1. The van der Waals surface area contributed by atoms with Gasteiger partial charge in [0.1, 0.15) is 4.70 Å². The molecule has 1 amide bonds. The van der Waals surface area contributed by atoms with Crippen LogP contribution in [0.25, 0.3) is 10.2 Å². The topological polar surface area (TPSA) is 80.9 Å². The van der Waals surface area contributed by atoms with E-state index in [1.54, 1.807) is 0 Å². The van der Waals surface area contributed by atoms with Crippen molar-refractivity contribution in [2.24, 2.45) is 5.73 Å². The third kappa shape index (κ3) is 2.68. The first-order chi connectivity index (χ1) is 8.59. The number of hydrogen-bond donors (Lipinski definition) is 2. The summed E-state index contributed by atoms with van der Waals surface area (Å²) in [6.45, 7) is 0.509. The van der Waals surface area contributed by atoms with Gasteiger partial charge in [0.15, 0.2) is 4.77 Å². The fourth-order valence-electron chi connectivity index (χ4n) is 1.74. The van der Waals surface area contributed by atoms with E-state index >= 15 is 0 Å². The Hall–Kier alpha value is -1.47. The maximum atomic E-state index is 12.1. The molecule has 0 aliphatic carbocycles. The lowest BCUT2D eigenvalue weighted by Gasteiger charge is -2.05. The second-order valence-electron chi connectivity index (χ2n) is 3.97. The highest BCUT2D eigenvalue weighted by atomic mass is 32.1. The summed E-state index contributed by atoms with van der Waals surface area (Å²) in [5, 5.41) is 1.86. The number of nitrogens with zero attached hydrogens (tertiary/aromatic N) is 1. The van der Waals surface area contributed by atoms with E-state index in [0.717, 1.165) is 5.52 Å². The Morgan fingerprint density at radius 2 is 2.28 bits per heavy atom. The molecule has 5 nitrogen and oxygen atoms in total. The van der Waals surface area contributed by atoms with Crippen LogP contribution in [-0.4, -0.2) is 15.5 Å². The van der Waals surface area contributed by atoms with E-state index in [2.05, 4.69) is 4.98 Å². The molecule has 0 fully saturated rings. The molecule has 0 aromatic carbocycles. The highest BCUT2D eigenvalue weighted by Crippen LogP contribution is 2.14. The van der Waals surface area contributed by atoms with E-state index in [0.29, 0.717) is 35.3 Å². The van der Waals surface area contributed by atoms with Gasteiger partial charge in [-0.1, -0.05) is 0 Å². The van der Waals surface area contributed by atoms with Gasteiger partial charge in [0.05, 0.1) is 5.52 Å². The summed E-state index contributed by atoms with van der Waals surface area (Å²) in [7, 11) is 0. The second kappa shape index (κ2) is 5.45. The number of rotatable bonds is 5. The van der Waals surface area contributed by atoms with Gasteiger partial charge in [-0.25, -0.2) is 0 Å². The number of primary amides is 1. The SMILES string of the molecule is NC(=O)CCCCn1c(=S)[nH]c2ccsc2c1=O. The Kier molecular flexibility index (Phi) is 3.93. The van der Waals surface area contributed by atoms with Crippen LogP contribution in [0.1, 0.15) is 19.3 Å². The standard InChI is InChI=1S/C11H13N3O2S2/c12-8(15)3-1-2-5-14-10(16)9-7(4-6-18-9)13-11(14)17/h4,6H,1-3,5H2,(H2,12,15)(H,13,17). The van der Waals surface area contributed by atoms with Crippen LogP contribution in [0.3, 0.4) is 0 Å². The van der Waals surface area contributed by atoms with E-state index in [4.69, 9.17) is 18.0 Å². The lowest BCUT2D eigenvalue weighted by molar-refractivity contribution is -0.118. The normalized spacial score (nSPS) is 10.9. The van der Waals surface area contributed by atoms with Gasteiger partial charge in [-0.2, -0.15) is 0 Å². The van der Waals surface area contributed by atoms with Crippen molar-refractivity contribution in [2.45, 2.75) is 25.8 Å².